The highest BCUT2D eigenvalue weighted by Gasteiger charge is 2.24. The van der Waals surface area contributed by atoms with Gasteiger partial charge in [-0.15, -0.1) is 0 Å². The molecule has 2 aromatic carbocycles. The van der Waals surface area contributed by atoms with Crippen LogP contribution in [0.4, 0.5) is 5.82 Å². The van der Waals surface area contributed by atoms with E-state index in [1.165, 1.54) is 5.56 Å². The van der Waals surface area contributed by atoms with E-state index in [1.807, 2.05) is 47.4 Å². The molecule has 2 amide bonds. The average molecular weight is 532 g/mol. The van der Waals surface area contributed by atoms with Crippen LogP contribution in [0.1, 0.15) is 22.5 Å². The molecule has 1 aliphatic heterocycles. The summed E-state index contributed by atoms with van der Waals surface area (Å²) in [5, 5.41) is 4.38. The number of aryl methyl sites for hydroxylation is 1. The lowest BCUT2D eigenvalue weighted by atomic mass is 10.1. The number of halogens is 1. The Kier molecular flexibility index (Phi) is 7.86. The molecule has 9 nitrogen and oxygen atoms in total. The smallest absolute Gasteiger partial charge is 0.270 e. The second kappa shape index (κ2) is 11.6. The van der Waals surface area contributed by atoms with E-state index < -0.39 is 5.91 Å². The number of hydrogen-bond acceptors (Lipinski definition) is 6. The minimum absolute atomic E-state index is 0.0746. The number of nitrogens with two attached hydrogens (primary N) is 1. The van der Waals surface area contributed by atoms with Crippen LogP contribution in [0.2, 0.25) is 5.02 Å². The van der Waals surface area contributed by atoms with Crippen molar-refractivity contribution in [3.8, 4) is 11.4 Å². The minimum Gasteiger partial charge on any atom is -0.368 e. The van der Waals surface area contributed by atoms with Crippen molar-refractivity contribution in [2.45, 2.75) is 12.8 Å². The van der Waals surface area contributed by atoms with Crippen LogP contribution in [-0.4, -0.2) is 75.8 Å². The molecule has 0 saturated carbocycles. The Balaban J connectivity index is 1.25. The van der Waals surface area contributed by atoms with E-state index in [0.29, 0.717) is 41.5 Å². The van der Waals surface area contributed by atoms with Gasteiger partial charge in [-0.25, -0.2) is 9.97 Å². The number of nitrogens with one attached hydrogen (secondary N) is 2. The van der Waals surface area contributed by atoms with Gasteiger partial charge in [0, 0.05) is 36.8 Å². The van der Waals surface area contributed by atoms with E-state index in [9.17, 15) is 9.59 Å². The second-order valence-corrected chi connectivity index (χ2v) is 9.83. The SMILES string of the molecule is NC(=O)CNc1nc(-c2ccccc2)nc2[nH]c(C(=O)N3CCN(CCCc4ccc(Cl)cc4)CC3)cc12. The van der Waals surface area contributed by atoms with Gasteiger partial charge in [0.05, 0.1) is 11.9 Å². The summed E-state index contributed by atoms with van der Waals surface area (Å²) < 4.78 is 0. The van der Waals surface area contributed by atoms with Crippen LogP contribution in [0.3, 0.4) is 0 Å². The molecule has 1 saturated heterocycles. The number of primary amides is 1. The Labute approximate surface area is 226 Å². The Hall–Kier alpha value is -3.95. The molecule has 0 spiro atoms. The lowest BCUT2D eigenvalue weighted by molar-refractivity contribution is -0.116. The number of rotatable bonds is 9. The summed E-state index contributed by atoms with van der Waals surface area (Å²) in [5.41, 5.74) is 8.41. The molecule has 0 aliphatic carbocycles. The topological polar surface area (TPSA) is 120 Å². The average Bonchev–Trinajstić information content (AvgIpc) is 3.38. The number of carbonyl (C=O) groups excluding carboxylic acids is 2. The Morgan fingerprint density at radius 2 is 1.74 bits per heavy atom. The van der Waals surface area contributed by atoms with Crippen molar-refractivity contribution in [2.75, 3.05) is 44.6 Å². The third kappa shape index (κ3) is 6.12. The number of H-pyrrole nitrogens is 1. The molecular weight excluding hydrogens is 502 g/mol. The molecule has 38 heavy (non-hydrogen) atoms. The predicted molar refractivity (Wildman–Crippen MR) is 149 cm³/mol. The number of anilines is 1. The van der Waals surface area contributed by atoms with Gasteiger partial charge in [0.25, 0.3) is 5.91 Å². The highest BCUT2D eigenvalue weighted by atomic mass is 35.5. The summed E-state index contributed by atoms with van der Waals surface area (Å²) in [6, 6.07) is 19.3. The maximum Gasteiger partial charge on any atom is 0.270 e. The number of aromatic amines is 1. The summed E-state index contributed by atoms with van der Waals surface area (Å²) >= 11 is 5.97. The summed E-state index contributed by atoms with van der Waals surface area (Å²) in [6.07, 6.45) is 2.06. The van der Waals surface area contributed by atoms with E-state index in [2.05, 4.69) is 37.3 Å². The standard InChI is InChI=1S/C28H30ClN7O2/c29-21-10-8-19(9-11-21)5-4-12-35-13-15-36(16-14-35)28(38)23-17-22-26(31-18-24(30)37)33-25(34-27(22)32-23)20-6-2-1-3-7-20/h1-3,6-11,17H,4-5,12-16,18H2,(H2,30,37)(H2,31,32,33,34). The van der Waals surface area contributed by atoms with Gasteiger partial charge in [0.15, 0.2) is 5.82 Å². The first-order valence-electron chi connectivity index (χ1n) is 12.7. The molecule has 1 fully saturated rings. The fraction of sp³-hybridized carbons (Fsp3) is 0.286. The lowest BCUT2D eigenvalue weighted by Crippen LogP contribution is -2.49. The lowest BCUT2D eigenvalue weighted by Gasteiger charge is -2.34. The van der Waals surface area contributed by atoms with E-state index in [-0.39, 0.29) is 12.5 Å². The number of aromatic nitrogens is 3. The summed E-state index contributed by atoms with van der Waals surface area (Å²) in [6.45, 7) is 3.89. The molecule has 2 aromatic heterocycles. The van der Waals surface area contributed by atoms with E-state index in [4.69, 9.17) is 17.3 Å². The quantitative estimate of drug-likeness (QED) is 0.304. The van der Waals surface area contributed by atoms with Crippen LogP contribution in [0.25, 0.3) is 22.4 Å². The fourth-order valence-corrected chi connectivity index (χ4v) is 4.78. The van der Waals surface area contributed by atoms with Gasteiger partial charge in [0.2, 0.25) is 5.91 Å². The van der Waals surface area contributed by atoms with E-state index in [0.717, 1.165) is 43.1 Å². The molecular formula is C28H30ClN7O2. The van der Waals surface area contributed by atoms with Gasteiger partial charge < -0.3 is 20.9 Å². The third-order valence-corrected chi connectivity index (χ3v) is 6.94. The van der Waals surface area contributed by atoms with Gasteiger partial charge >= 0.3 is 0 Å². The van der Waals surface area contributed by atoms with Crippen molar-refractivity contribution >= 4 is 40.3 Å². The molecule has 0 unspecified atom stereocenters. The number of hydrogen-bond donors (Lipinski definition) is 3. The van der Waals surface area contributed by atoms with Crippen molar-refractivity contribution in [3.05, 3.63) is 76.9 Å². The number of fused-ring (bicyclic) bond motifs is 1. The Morgan fingerprint density at radius 3 is 2.45 bits per heavy atom. The second-order valence-electron chi connectivity index (χ2n) is 9.39. The summed E-state index contributed by atoms with van der Waals surface area (Å²) in [4.78, 5) is 41.4. The predicted octanol–water partition coefficient (Wildman–Crippen LogP) is 3.57. The van der Waals surface area contributed by atoms with Gasteiger partial charge in [-0.1, -0.05) is 54.1 Å². The maximum atomic E-state index is 13.4. The molecule has 0 radical (unpaired) electrons. The van der Waals surface area contributed by atoms with Crippen LogP contribution >= 0.6 is 11.6 Å². The van der Waals surface area contributed by atoms with Crippen LogP contribution in [0.15, 0.2) is 60.7 Å². The molecule has 10 heteroatoms. The van der Waals surface area contributed by atoms with Crippen LogP contribution in [0, 0.1) is 0 Å². The molecule has 1 aliphatic rings. The maximum absolute atomic E-state index is 13.4. The van der Waals surface area contributed by atoms with E-state index in [1.54, 1.807) is 6.07 Å². The molecule has 4 N–H and O–H groups in total. The van der Waals surface area contributed by atoms with Crippen molar-refractivity contribution in [2.24, 2.45) is 5.73 Å². The van der Waals surface area contributed by atoms with Gasteiger partial charge in [-0.3, -0.25) is 14.5 Å². The zero-order chi connectivity index (χ0) is 26.5. The number of carbonyl (C=O) groups is 2. The normalized spacial score (nSPS) is 14.1. The van der Waals surface area contributed by atoms with E-state index >= 15 is 0 Å². The molecule has 0 bridgehead atoms. The first-order valence-corrected chi connectivity index (χ1v) is 13.1. The Morgan fingerprint density at radius 1 is 1.00 bits per heavy atom. The molecule has 4 aromatic rings. The molecule has 3 heterocycles. The van der Waals surface area contributed by atoms with Gasteiger partial charge in [0.1, 0.15) is 17.2 Å². The van der Waals surface area contributed by atoms with Gasteiger partial charge in [-0.05, 0) is 43.1 Å². The number of amides is 2. The highest BCUT2D eigenvalue weighted by Crippen LogP contribution is 2.26. The summed E-state index contributed by atoms with van der Waals surface area (Å²) in [5.74, 6) is 0.355. The first-order chi connectivity index (χ1) is 18.5. The molecule has 5 rings (SSSR count). The van der Waals surface area contributed by atoms with Crippen molar-refractivity contribution in [1.82, 2.24) is 24.8 Å². The van der Waals surface area contributed by atoms with Gasteiger partial charge in [-0.2, -0.15) is 0 Å². The third-order valence-electron chi connectivity index (χ3n) is 6.69. The van der Waals surface area contributed by atoms with Crippen LogP contribution in [0.5, 0.6) is 0 Å². The molecule has 196 valence electrons. The van der Waals surface area contributed by atoms with Crippen LogP contribution in [-0.2, 0) is 11.2 Å². The number of piperazine rings is 1. The zero-order valence-corrected chi connectivity index (χ0v) is 21.7. The largest absolute Gasteiger partial charge is 0.368 e. The first kappa shape index (κ1) is 25.7. The van der Waals surface area contributed by atoms with Crippen molar-refractivity contribution in [3.63, 3.8) is 0 Å². The number of nitrogens with zero attached hydrogens (tertiary/aromatic N) is 4. The van der Waals surface area contributed by atoms with Crippen LogP contribution < -0.4 is 11.1 Å². The monoisotopic (exact) mass is 531 g/mol. The van der Waals surface area contributed by atoms with Crippen molar-refractivity contribution in [1.29, 1.82) is 0 Å². The number of benzene rings is 2. The minimum atomic E-state index is -0.504. The highest BCUT2D eigenvalue weighted by molar-refractivity contribution is 6.30. The summed E-state index contributed by atoms with van der Waals surface area (Å²) in [7, 11) is 0. The molecule has 0 atom stereocenters. The Bertz CT molecular complexity index is 1410. The zero-order valence-electron chi connectivity index (χ0n) is 21.0. The van der Waals surface area contributed by atoms with Crippen molar-refractivity contribution < 1.29 is 9.59 Å². The fourth-order valence-electron chi connectivity index (χ4n) is 4.65.